The molecule has 19 heavy (non-hydrogen) atoms. The maximum Gasteiger partial charge on any atom is 0.128 e. The largest absolute Gasteiger partial charge is 0.388 e. The van der Waals surface area contributed by atoms with E-state index < -0.39 is 5.60 Å². The van der Waals surface area contributed by atoms with Crippen molar-refractivity contribution in [2.75, 3.05) is 37.6 Å². The summed E-state index contributed by atoms with van der Waals surface area (Å²) in [6, 6.07) is 6.01. The van der Waals surface area contributed by atoms with Gasteiger partial charge in [-0.3, -0.25) is 0 Å². The van der Waals surface area contributed by atoms with Gasteiger partial charge in [-0.15, -0.1) is 0 Å². The number of piperidine rings is 1. The lowest BCUT2D eigenvalue weighted by atomic mass is 9.91. The van der Waals surface area contributed by atoms with E-state index in [1.165, 1.54) is 12.8 Å². The van der Waals surface area contributed by atoms with Crippen LogP contribution in [-0.2, 0) is 0 Å². The average Bonchev–Trinajstić information content (AvgIpc) is 2.93. The third kappa shape index (κ3) is 3.07. The van der Waals surface area contributed by atoms with Crippen molar-refractivity contribution in [3.05, 3.63) is 24.4 Å². The van der Waals surface area contributed by atoms with Gasteiger partial charge in [0.05, 0.1) is 5.60 Å². The summed E-state index contributed by atoms with van der Waals surface area (Å²) in [5.74, 6) is 1.03. The first-order valence-corrected chi connectivity index (χ1v) is 7.36. The maximum absolute atomic E-state index is 10.7. The van der Waals surface area contributed by atoms with Crippen LogP contribution in [0.4, 0.5) is 5.82 Å². The summed E-state index contributed by atoms with van der Waals surface area (Å²) in [4.78, 5) is 9.08. The van der Waals surface area contributed by atoms with Crippen LogP contribution < -0.4 is 4.90 Å². The van der Waals surface area contributed by atoms with Crippen LogP contribution in [0, 0.1) is 0 Å². The molecule has 1 aromatic rings. The lowest BCUT2D eigenvalue weighted by molar-refractivity contribution is -0.0111. The van der Waals surface area contributed by atoms with Crippen LogP contribution in [0.25, 0.3) is 0 Å². The normalized spacial score (nSPS) is 23.7. The highest BCUT2D eigenvalue weighted by Gasteiger charge is 2.34. The number of hydrogen-bond donors (Lipinski definition) is 1. The van der Waals surface area contributed by atoms with Gasteiger partial charge in [-0.25, -0.2) is 4.98 Å². The zero-order valence-corrected chi connectivity index (χ0v) is 11.5. The van der Waals surface area contributed by atoms with Crippen molar-refractivity contribution in [3.63, 3.8) is 0 Å². The quantitative estimate of drug-likeness (QED) is 0.895. The molecule has 0 saturated carbocycles. The topological polar surface area (TPSA) is 39.6 Å². The van der Waals surface area contributed by atoms with Crippen molar-refractivity contribution < 1.29 is 5.11 Å². The number of nitrogens with zero attached hydrogens (tertiary/aromatic N) is 3. The average molecular weight is 261 g/mol. The van der Waals surface area contributed by atoms with Crippen molar-refractivity contribution in [3.8, 4) is 0 Å². The standard InChI is InChI=1S/C15H23N3O/c19-15(13-17-9-3-4-10-17)6-11-18(12-7-15)14-5-1-2-8-16-14/h1-2,5,8,19H,3-4,6-7,9-13H2. The highest BCUT2D eigenvalue weighted by Crippen LogP contribution is 2.27. The van der Waals surface area contributed by atoms with Crippen LogP contribution in [0.2, 0.25) is 0 Å². The Balaban J connectivity index is 1.56. The second-order valence-corrected chi connectivity index (χ2v) is 5.88. The third-order valence-corrected chi connectivity index (χ3v) is 4.38. The molecule has 0 radical (unpaired) electrons. The molecule has 0 bridgehead atoms. The van der Waals surface area contributed by atoms with Gasteiger partial charge in [0.15, 0.2) is 0 Å². The predicted octanol–water partition coefficient (Wildman–Crippen LogP) is 1.51. The maximum atomic E-state index is 10.7. The number of β-amino-alcohol motifs (C(OH)–C–C–N with tert-alkyl or cyclic N) is 1. The summed E-state index contributed by atoms with van der Waals surface area (Å²) in [7, 11) is 0. The smallest absolute Gasteiger partial charge is 0.128 e. The van der Waals surface area contributed by atoms with E-state index in [-0.39, 0.29) is 0 Å². The third-order valence-electron chi connectivity index (χ3n) is 4.38. The highest BCUT2D eigenvalue weighted by atomic mass is 16.3. The number of likely N-dealkylation sites (tertiary alicyclic amines) is 1. The molecule has 4 nitrogen and oxygen atoms in total. The van der Waals surface area contributed by atoms with Crippen LogP contribution in [0.1, 0.15) is 25.7 Å². The number of rotatable bonds is 3. The van der Waals surface area contributed by atoms with E-state index in [2.05, 4.69) is 14.8 Å². The molecular weight excluding hydrogens is 238 g/mol. The van der Waals surface area contributed by atoms with E-state index in [1.807, 2.05) is 24.4 Å². The van der Waals surface area contributed by atoms with Gasteiger partial charge in [-0.1, -0.05) is 6.07 Å². The predicted molar refractivity (Wildman–Crippen MR) is 76.3 cm³/mol. The van der Waals surface area contributed by atoms with Gasteiger partial charge in [-0.05, 0) is 50.9 Å². The van der Waals surface area contributed by atoms with Crippen molar-refractivity contribution >= 4 is 5.82 Å². The first-order chi connectivity index (χ1) is 9.25. The van der Waals surface area contributed by atoms with E-state index >= 15 is 0 Å². The molecular formula is C15H23N3O. The molecule has 0 aromatic carbocycles. The Morgan fingerprint density at radius 3 is 2.47 bits per heavy atom. The minimum atomic E-state index is -0.490. The molecule has 1 aromatic heterocycles. The van der Waals surface area contributed by atoms with Crippen molar-refractivity contribution in [2.24, 2.45) is 0 Å². The Hall–Kier alpha value is -1.13. The summed E-state index contributed by atoms with van der Waals surface area (Å²) in [6.07, 6.45) is 6.10. The number of aliphatic hydroxyl groups is 1. The Morgan fingerprint density at radius 2 is 1.84 bits per heavy atom. The molecule has 2 aliphatic heterocycles. The molecule has 4 heteroatoms. The van der Waals surface area contributed by atoms with Gasteiger partial charge >= 0.3 is 0 Å². The van der Waals surface area contributed by atoms with Crippen LogP contribution >= 0.6 is 0 Å². The van der Waals surface area contributed by atoms with E-state index in [1.54, 1.807) is 0 Å². The lowest BCUT2D eigenvalue weighted by Gasteiger charge is -2.40. The van der Waals surface area contributed by atoms with Gasteiger partial charge in [0.25, 0.3) is 0 Å². The molecule has 3 heterocycles. The fourth-order valence-electron chi connectivity index (χ4n) is 3.21. The summed E-state index contributed by atoms with van der Waals surface area (Å²) in [5, 5.41) is 10.7. The van der Waals surface area contributed by atoms with Crippen LogP contribution in [0.15, 0.2) is 24.4 Å². The number of pyridine rings is 1. The fourth-order valence-corrected chi connectivity index (χ4v) is 3.21. The molecule has 0 unspecified atom stereocenters. The SMILES string of the molecule is OC1(CN2CCCC2)CCN(c2ccccn2)CC1. The Kier molecular flexibility index (Phi) is 3.71. The number of aromatic nitrogens is 1. The second kappa shape index (κ2) is 5.47. The Bertz CT molecular complexity index is 395. The van der Waals surface area contributed by atoms with Gasteiger partial charge in [-0.2, -0.15) is 0 Å². The van der Waals surface area contributed by atoms with Crippen molar-refractivity contribution in [2.45, 2.75) is 31.3 Å². The molecule has 104 valence electrons. The van der Waals surface area contributed by atoms with Gasteiger partial charge < -0.3 is 14.9 Å². The highest BCUT2D eigenvalue weighted by molar-refractivity contribution is 5.38. The van der Waals surface area contributed by atoms with Crippen LogP contribution in [0.5, 0.6) is 0 Å². The van der Waals surface area contributed by atoms with Gasteiger partial charge in [0, 0.05) is 25.8 Å². The first-order valence-electron chi connectivity index (χ1n) is 7.36. The molecule has 2 aliphatic rings. The minimum absolute atomic E-state index is 0.490. The minimum Gasteiger partial charge on any atom is -0.388 e. The van der Waals surface area contributed by atoms with Crippen molar-refractivity contribution in [1.82, 2.24) is 9.88 Å². The summed E-state index contributed by atoms with van der Waals surface area (Å²) in [6.45, 7) is 4.98. The molecule has 3 rings (SSSR count). The zero-order chi connectivity index (χ0) is 13.1. The molecule has 0 amide bonds. The summed E-state index contributed by atoms with van der Waals surface area (Å²) in [5.41, 5.74) is -0.490. The molecule has 2 fully saturated rings. The summed E-state index contributed by atoms with van der Waals surface area (Å²) < 4.78 is 0. The van der Waals surface area contributed by atoms with Gasteiger partial charge in [0.1, 0.15) is 5.82 Å². The summed E-state index contributed by atoms with van der Waals surface area (Å²) >= 11 is 0. The number of anilines is 1. The molecule has 1 N–H and O–H groups in total. The van der Waals surface area contributed by atoms with E-state index in [9.17, 15) is 5.11 Å². The van der Waals surface area contributed by atoms with Crippen LogP contribution in [-0.4, -0.2) is 53.3 Å². The van der Waals surface area contributed by atoms with Crippen molar-refractivity contribution in [1.29, 1.82) is 0 Å². The first kappa shape index (κ1) is 12.9. The fraction of sp³-hybridized carbons (Fsp3) is 0.667. The molecule has 0 spiro atoms. The Labute approximate surface area is 115 Å². The van der Waals surface area contributed by atoms with E-state index in [0.717, 1.165) is 51.4 Å². The van der Waals surface area contributed by atoms with Gasteiger partial charge in [0.2, 0.25) is 0 Å². The molecule has 0 atom stereocenters. The van der Waals surface area contributed by atoms with E-state index in [0.29, 0.717) is 0 Å². The van der Waals surface area contributed by atoms with E-state index in [4.69, 9.17) is 0 Å². The lowest BCUT2D eigenvalue weighted by Crippen LogP contribution is -2.50. The molecule has 0 aliphatic carbocycles. The van der Waals surface area contributed by atoms with Crippen LogP contribution in [0.3, 0.4) is 0 Å². The monoisotopic (exact) mass is 261 g/mol. The zero-order valence-electron chi connectivity index (χ0n) is 11.5. The Morgan fingerprint density at radius 1 is 1.11 bits per heavy atom. The second-order valence-electron chi connectivity index (χ2n) is 5.88. The molecule has 2 saturated heterocycles. The number of hydrogen-bond acceptors (Lipinski definition) is 4.